The molecule has 1 aromatic carbocycles. The summed E-state index contributed by atoms with van der Waals surface area (Å²) in [7, 11) is 0. The fourth-order valence-corrected chi connectivity index (χ4v) is 4.34. The number of amides is 1. The molecule has 0 saturated carbocycles. The lowest BCUT2D eigenvalue weighted by molar-refractivity contribution is -0.113. The van der Waals surface area contributed by atoms with E-state index in [9.17, 15) is 4.79 Å². The number of hydrogen-bond donors (Lipinski definition) is 1. The number of rotatable bonds is 6. The fourth-order valence-electron chi connectivity index (χ4n) is 2.61. The quantitative estimate of drug-likeness (QED) is 0.610. The van der Waals surface area contributed by atoms with Crippen LogP contribution in [0, 0.1) is 13.8 Å². The Bertz CT molecular complexity index is 900. The first kappa shape index (κ1) is 18.7. The highest BCUT2D eigenvalue weighted by Gasteiger charge is 2.20. The second kappa shape index (κ2) is 8.05. The molecule has 0 atom stereocenters. The van der Waals surface area contributed by atoms with Gasteiger partial charge in [-0.3, -0.25) is 9.36 Å². The molecule has 7 heteroatoms. The van der Waals surface area contributed by atoms with Crippen LogP contribution in [0.2, 0.25) is 0 Å². The lowest BCUT2D eigenvalue weighted by Gasteiger charge is -2.13. The highest BCUT2D eigenvalue weighted by Crippen LogP contribution is 2.33. The maximum Gasteiger partial charge on any atom is 0.234 e. The molecule has 0 unspecified atom stereocenters. The lowest BCUT2D eigenvalue weighted by Crippen LogP contribution is -2.15. The third-order valence-corrected chi connectivity index (χ3v) is 6.05. The normalized spacial score (nSPS) is 11.1. The minimum Gasteiger partial charge on any atom is -0.325 e. The number of hydrogen-bond acceptors (Lipinski definition) is 5. The van der Waals surface area contributed by atoms with Crippen molar-refractivity contribution in [2.75, 3.05) is 11.1 Å². The summed E-state index contributed by atoms with van der Waals surface area (Å²) in [6.07, 6.45) is 0. The standard InChI is InChI=1S/C19H22N4OS2/c1-12(2)23-18(16-10-25-14(4)13(16)3)21-22-19(23)26-11-17(24)20-15-8-6-5-7-9-15/h5-10,12H,11H2,1-4H3,(H,20,24). The van der Waals surface area contributed by atoms with Crippen LogP contribution < -0.4 is 5.32 Å². The van der Waals surface area contributed by atoms with Gasteiger partial charge < -0.3 is 5.32 Å². The minimum absolute atomic E-state index is 0.0522. The van der Waals surface area contributed by atoms with Crippen molar-refractivity contribution in [3.63, 3.8) is 0 Å². The van der Waals surface area contributed by atoms with Crippen LogP contribution in [-0.2, 0) is 4.79 Å². The number of carbonyl (C=O) groups is 1. The van der Waals surface area contributed by atoms with Crippen molar-refractivity contribution >= 4 is 34.7 Å². The van der Waals surface area contributed by atoms with E-state index in [1.807, 2.05) is 30.3 Å². The molecule has 0 aliphatic carbocycles. The Hall–Kier alpha value is -2.12. The average Bonchev–Trinajstić information content (AvgIpc) is 3.18. The van der Waals surface area contributed by atoms with Crippen LogP contribution in [0.15, 0.2) is 40.9 Å². The Kier molecular flexibility index (Phi) is 5.78. The summed E-state index contributed by atoms with van der Waals surface area (Å²) < 4.78 is 2.11. The predicted molar refractivity (Wildman–Crippen MR) is 109 cm³/mol. The Balaban J connectivity index is 1.76. The predicted octanol–water partition coefficient (Wildman–Crippen LogP) is 4.94. The number of nitrogens with one attached hydrogen (secondary N) is 1. The topological polar surface area (TPSA) is 59.8 Å². The number of anilines is 1. The largest absolute Gasteiger partial charge is 0.325 e. The van der Waals surface area contributed by atoms with Gasteiger partial charge in [-0.1, -0.05) is 30.0 Å². The van der Waals surface area contributed by atoms with E-state index in [0.29, 0.717) is 5.75 Å². The van der Waals surface area contributed by atoms with Crippen LogP contribution in [-0.4, -0.2) is 26.4 Å². The number of aromatic nitrogens is 3. The highest BCUT2D eigenvalue weighted by atomic mass is 32.2. The van der Waals surface area contributed by atoms with Crippen molar-refractivity contribution in [3.8, 4) is 11.4 Å². The average molecular weight is 387 g/mol. The molecular formula is C19H22N4OS2. The van der Waals surface area contributed by atoms with Crippen LogP contribution >= 0.6 is 23.1 Å². The van der Waals surface area contributed by atoms with Gasteiger partial charge in [-0.05, 0) is 45.4 Å². The van der Waals surface area contributed by atoms with E-state index in [2.05, 4.69) is 53.2 Å². The van der Waals surface area contributed by atoms with E-state index in [-0.39, 0.29) is 11.9 Å². The van der Waals surface area contributed by atoms with Gasteiger partial charge in [0.05, 0.1) is 5.75 Å². The second-order valence-corrected chi connectivity index (χ2v) is 8.33. The zero-order valence-corrected chi connectivity index (χ0v) is 16.9. The van der Waals surface area contributed by atoms with Gasteiger partial charge in [0, 0.05) is 27.5 Å². The molecule has 2 heterocycles. The van der Waals surface area contributed by atoms with Crippen molar-refractivity contribution in [2.45, 2.75) is 38.9 Å². The van der Waals surface area contributed by atoms with Crippen molar-refractivity contribution < 1.29 is 4.79 Å². The Morgan fingerprint density at radius 2 is 1.96 bits per heavy atom. The SMILES string of the molecule is Cc1scc(-c2nnc(SCC(=O)Nc3ccccc3)n2C(C)C)c1C. The van der Waals surface area contributed by atoms with Gasteiger partial charge in [-0.2, -0.15) is 0 Å². The van der Waals surface area contributed by atoms with E-state index < -0.39 is 0 Å². The summed E-state index contributed by atoms with van der Waals surface area (Å²) in [5.74, 6) is 1.11. The van der Waals surface area contributed by atoms with Crippen molar-refractivity contribution in [2.24, 2.45) is 0 Å². The van der Waals surface area contributed by atoms with Crippen LogP contribution in [0.25, 0.3) is 11.4 Å². The molecule has 2 aromatic heterocycles. The molecule has 0 bridgehead atoms. The molecule has 136 valence electrons. The van der Waals surface area contributed by atoms with E-state index >= 15 is 0 Å². The van der Waals surface area contributed by atoms with Crippen LogP contribution in [0.1, 0.15) is 30.3 Å². The number of benzene rings is 1. The van der Waals surface area contributed by atoms with Gasteiger partial charge in [-0.15, -0.1) is 21.5 Å². The van der Waals surface area contributed by atoms with E-state index in [4.69, 9.17) is 0 Å². The molecule has 3 rings (SSSR count). The van der Waals surface area contributed by atoms with Crippen molar-refractivity contribution in [3.05, 3.63) is 46.2 Å². The highest BCUT2D eigenvalue weighted by molar-refractivity contribution is 7.99. The smallest absolute Gasteiger partial charge is 0.234 e. The minimum atomic E-state index is -0.0522. The monoisotopic (exact) mass is 386 g/mol. The van der Waals surface area contributed by atoms with Crippen LogP contribution in [0.5, 0.6) is 0 Å². The number of thiophene rings is 1. The molecule has 0 aliphatic heterocycles. The molecule has 1 N–H and O–H groups in total. The van der Waals surface area contributed by atoms with E-state index in [1.165, 1.54) is 22.2 Å². The number of nitrogens with zero attached hydrogens (tertiary/aromatic N) is 3. The Morgan fingerprint density at radius 1 is 1.23 bits per heavy atom. The molecule has 0 spiro atoms. The van der Waals surface area contributed by atoms with E-state index in [0.717, 1.165) is 22.2 Å². The lowest BCUT2D eigenvalue weighted by atomic mass is 10.1. The zero-order valence-electron chi connectivity index (χ0n) is 15.3. The molecule has 0 saturated heterocycles. The van der Waals surface area contributed by atoms with Crippen LogP contribution in [0.3, 0.4) is 0 Å². The first-order valence-corrected chi connectivity index (χ1v) is 10.3. The number of thioether (sulfide) groups is 1. The third kappa shape index (κ3) is 3.99. The molecule has 5 nitrogen and oxygen atoms in total. The maximum absolute atomic E-state index is 12.2. The molecule has 1 amide bonds. The van der Waals surface area contributed by atoms with Crippen molar-refractivity contribution in [1.82, 2.24) is 14.8 Å². The zero-order chi connectivity index (χ0) is 18.7. The molecule has 26 heavy (non-hydrogen) atoms. The van der Waals surface area contributed by atoms with Gasteiger partial charge in [0.25, 0.3) is 0 Å². The summed E-state index contributed by atoms with van der Waals surface area (Å²) >= 11 is 3.13. The summed E-state index contributed by atoms with van der Waals surface area (Å²) in [4.78, 5) is 13.5. The summed E-state index contributed by atoms with van der Waals surface area (Å²) in [6, 6.07) is 9.67. The summed E-state index contributed by atoms with van der Waals surface area (Å²) in [5.41, 5.74) is 3.16. The molecule has 0 radical (unpaired) electrons. The fraction of sp³-hybridized carbons (Fsp3) is 0.316. The van der Waals surface area contributed by atoms with Gasteiger partial charge in [-0.25, -0.2) is 0 Å². The number of para-hydroxylation sites is 1. The first-order valence-electron chi connectivity index (χ1n) is 8.45. The van der Waals surface area contributed by atoms with Gasteiger partial charge >= 0.3 is 0 Å². The van der Waals surface area contributed by atoms with E-state index in [1.54, 1.807) is 11.3 Å². The molecule has 3 aromatic rings. The summed E-state index contributed by atoms with van der Waals surface area (Å²) in [5, 5.41) is 14.5. The third-order valence-electron chi connectivity index (χ3n) is 4.10. The second-order valence-electron chi connectivity index (χ2n) is 6.30. The van der Waals surface area contributed by atoms with Gasteiger partial charge in [0.1, 0.15) is 0 Å². The summed E-state index contributed by atoms with van der Waals surface area (Å²) in [6.45, 7) is 8.44. The Morgan fingerprint density at radius 3 is 2.58 bits per heavy atom. The maximum atomic E-state index is 12.2. The number of aryl methyl sites for hydroxylation is 1. The molecule has 0 fully saturated rings. The first-order chi connectivity index (χ1) is 12.5. The molecular weight excluding hydrogens is 364 g/mol. The van der Waals surface area contributed by atoms with Crippen molar-refractivity contribution in [1.29, 1.82) is 0 Å². The Labute approximate surface area is 161 Å². The van der Waals surface area contributed by atoms with Gasteiger partial charge in [0.2, 0.25) is 5.91 Å². The number of carbonyl (C=O) groups excluding carboxylic acids is 1. The van der Waals surface area contributed by atoms with Crippen LogP contribution in [0.4, 0.5) is 5.69 Å². The van der Waals surface area contributed by atoms with Gasteiger partial charge in [0.15, 0.2) is 11.0 Å². The molecule has 0 aliphatic rings.